The van der Waals surface area contributed by atoms with Crippen LogP contribution in [0.2, 0.25) is 0 Å². The number of benzene rings is 1. The van der Waals surface area contributed by atoms with E-state index in [1.807, 2.05) is 11.8 Å². The summed E-state index contributed by atoms with van der Waals surface area (Å²) in [6, 6.07) is 3.00. The molecule has 1 atom stereocenters. The summed E-state index contributed by atoms with van der Waals surface area (Å²) < 4.78 is 16.3. The zero-order valence-electron chi connectivity index (χ0n) is 14.0. The second kappa shape index (κ2) is 6.68. The molecule has 1 aliphatic heterocycles. The van der Waals surface area contributed by atoms with Crippen LogP contribution in [0.4, 0.5) is 10.1 Å². The summed E-state index contributed by atoms with van der Waals surface area (Å²) in [5.74, 6) is -1.85. The van der Waals surface area contributed by atoms with Gasteiger partial charge in [-0.3, -0.25) is 4.79 Å². The lowest BCUT2D eigenvalue weighted by Crippen LogP contribution is -2.49. The fourth-order valence-corrected chi connectivity index (χ4v) is 3.24. The number of piperazine rings is 1. The van der Waals surface area contributed by atoms with E-state index in [1.165, 1.54) is 6.20 Å². The number of nitrogens with one attached hydrogen (secondary N) is 1. The van der Waals surface area contributed by atoms with Gasteiger partial charge in [-0.15, -0.1) is 6.58 Å². The Labute approximate surface area is 144 Å². The first-order valence-corrected chi connectivity index (χ1v) is 8.11. The Kier molecular flexibility index (Phi) is 4.59. The normalized spacial score (nSPS) is 17.7. The Bertz CT molecular complexity index is 907. The first kappa shape index (κ1) is 17.2. The number of aromatic carboxylic acids is 1. The Morgan fingerprint density at radius 1 is 1.52 bits per heavy atom. The van der Waals surface area contributed by atoms with Crippen molar-refractivity contribution in [2.75, 3.05) is 24.5 Å². The largest absolute Gasteiger partial charge is 0.477 e. The highest BCUT2D eigenvalue weighted by Gasteiger charge is 2.22. The highest BCUT2D eigenvalue weighted by Crippen LogP contribution is 2.26. The van der Waals surface area contributed by atoms with Crippen molar-refractivity contribution in [1.29, 1.82) is 0 Å². The molecule has 1 unspecified atom stereocenters. The van der Waals surface area contributed by atoms with Crippen molar-refractivity contribution in [3.63, 3.8) is 0 Å². The first-order chi connectivity index (χ1) is 11.9. The monoisotopic (exact) mass is 345 g/mol. The SMILES string of the molecule is C=CCn1cc(C(=O)O)c(=O)c2cc(F)c(N3CCNC(C)C3)cc21. The predicted molar refractivity (Wildman–Crippen MR) is 95.0 cm³/mol. The van der Waals surface area contributed by atoms with Crippen molar-refractivity contribution in [2.24, 2.45) is 0 Å². The van der Waals surface area contributed by atoms with Crippen LogP contribution in [-0.4, -0.2) is 41.3 Å². The van der Waals surface area contributed by atoms with Gasteiger partial charge in [-0.1, -0.05) is 6.08 Å². The van der Waals surface area contributed by atoms with Gasteiger partial charge >= 0.3 is 5.97 Å². The highest BCUT2D eigenvalue weighted by atomic mass is 19.1. The van der Waals surface area contributed by atoms with Crippen LogP contribution in [0, 0.1) is 5.82 Å². The quantitative estimate of drug-likeness (QED) is 0.827. The van der Waals surface area contributed by atoms with E-state index >= 15 is 0 Å². The van der Waals surface area contributed by atoms with E-state index < -0.39 is 17.2 Å². The van der Waals surface area contributed by atoms with E-state index in [0.717, 1.165) is 12.6 Å². The van der Waals surface area contributed by atoms with Crippen molar-refractivity contribution >= 4 is 22.6 Å². The van der Waals surface area contributed by atoms with Gasteiger partial charge in [0.2, 0.25) is 5.43 Å². The Balaban J connectivity index is 2.23. The maximum Gasteiger partial charge on any atom is 0.341 e. The van der Waals surface area contributed by atoms with Crippen LogP contribution in [0.1, 0.15) is 17.3 Å². The van der Waals surface area contributed by atoms with Crippen LogP contribution < -0.4 is 15.6 Å². The minimum absolute atomic E-state index is 0.0613. The number of fused-ring (bicyclic) bond motifs is 1. The molecular weight excluding hydrogens is 325 g/mol. The molecule has 1 saturated heterocycles. The fraction of sp³-hybridized carbons (Fsp3) is 0.333. The molecule has 0 aliphatic carbocycles. The minimum atomic E-state index is -1.33. The molecule has 2 heterocycles. The molecule has 0 amide bonds. The number of rotatable bonds is 4. The van der Waals surface area contributed by atoms with Crippen molar-refractivity contribution in [3.05, 3.63) is 52.6 Å². The number of carbonyl (C=O) groups is 1. The molecule has 2 aromatic rings. The third-order valence-electron chi connectivity index (χ3n) is 4.41. The van der Waals surface area contributed by atoms with E-state index in [4.69, 9.17) is 0 Å². The average molecular weight is 345 g/mol. The molecular formula is C18H20FN3O3. The Hall–Kier alpha value is -2.67. The number of hydrogen-bond acceptors (Lipinski definition) is 4. The molecule has 0 saturated carbocycles. The number of allylic oxidation sites excluding steroid dienone is 1. The van der Waals surface area contributed by atoms with Gasteiger partial charge in [-0.2, -0.15) is 0 Å². The zero-order chi connectivity index (χ0) is 18.1. The number of carboxylic acids is 1. The molecule has 0 bridgehead atoms. The molecule has 1 fully saturated rings. The van der Waals surface area contributed by atoms with Gasteiger partial charge in [0.05, 0.1) is 11.2 Å². The average Bonchev–Trinajstić information content (AvgIpc) is 2.57. The van der Waals surface area contributed by atoms with E-state index in [2.05, 4.69) is 11.9 Å². The molecule has 3 rings (SSSR count). The van der Waals surface area contributed by atoms with E-state index in [-0.39, 0.29) is 17.0 Å². The lowest BCUT2D eigenvalue weighted by Gasteiger charge is -2.34. The van der Waals surface area contributed by atoms with Gasteiger partial charge in [0.1, 0.15) is 11.4 Å². The lowest BCUT2D eigenvalue weighted by atomic mass is 10.1. The molecule has 0 spiro atoms. The van der Waals surface area contributed by atoms with Crippen LogP contribution in [-0.2, 0) is 6.54 Å². The molecule has 7 heteroatoms. The number of anilines is 1. The third-order valence-corrected chi connectivity index (χ3v) is 4.41. The maximum absolute atomic E-state index is 14.7. The topological polar surface area (TPSA) is 74.6 Å². The summed E-state index contributed by atoms with van der Waals surface area (Å²) in [5, 5.41) is 12.6. The number of nitrogens with zero attached hydrogens (tertiary/aromatic N) is 2. The standard InChI is InChI=1S/C18H20FN3O3/c1-3-5-21-10-13(18(24)25)17(23)12-7-14(19)16(8-15(12)21)22-6-4-20-11(2)9-22/h3,7-8,10-11,20H,1,4-6,9H2,2H3,(H,24,25). The van der Waals surface area contributed by atoms with Crippen molar-refractivity contribution in [3.8, 4) is 0 Å². The van der Waals surface area contributed by atoms with Crippen molar-refractivity contribution in [2.45, 2.75) is 19.5 Å². The molecule has 25 heavy (non-hydrogen) atoms. The fourth-order valence-electron chi connectivity index (χ4n) is 3.24. The summed E-state index contributed by atoms with van der Waals surface area (Å²) in [4.78, 5) is 25.7. The number of aromatic nitrogens is 1. The van der Waals surface area contributed by atoms with E-state index in [1.54, 1.807) is 16.7 Å². The second-order valence-corrected chi connectivity index (χ2v) is 6.24. The number of hydrogen-bond donors (Lipinski definition) is 2. The second-order valence-electron chi connectivity index (χ2n) is 6.24. The summed E-state index contributed by atoms with van der Waals surface area (Å²) >= 11 is 0. The van der Waals surface area contributed by atoms with Gasteiger partial charge in [0, 0.05) is 43.8 Å². The van der Waals surface area contributed by atoms with Crippen LogP contribution in [0.15, 0.2) is 35.8 Å². The summed E-state index contributed by atoms with van der Waals surface area (Å²) in [7, 11) is 0. The van der Waals surface area contributed by atoms with Gasteiger partial charge in [0.15, 0.2) is 0 Å². The van der Waals surface area contributed by atoms with Crippen LogP contribution in [0.3, 0.4) is 0 Å². The summed E-state index contributed by atoms with van der Waals surface area (Å²) in [5.41, 5.74) is -0.141. The zero-order valence-corrected chi connectivity index (χ0v) is 14.0. The molecule has 1 aromatic carbocycles. The Morgan fingerprint density at radius 2 is 2.28 bits per heavy atom. The summed E-state index contributed by atoms with van der Waals surface area (Å²) in [6.07, 6.45) is 2.89. The lowest BCUT2D eigenvalue weighted by molar-refractivity contribution is 0.0695. The van der Waals surface area contributed by atoms with Gasteiger partial charge in [-0.05, 0) is 19.1 Å². The van der Waals surface area contributed by atoms with E-state index in [0.29, 0.717) is 30.8 Å². The highest BCUT2D eigenvalue weighted by molar-refractivity contribution is 5.93. The molecule has 0 radical (unpaired) electrons. The van der Waals surface area contributed by atoms with Gasteiger partial charge in [0.25, 0.3) is 0 Å². The molecule has 1 aliphatic rings. The smallest absolute Gasteiger partial charge is 0.341 e. The van der Waals surface area contributed by atoms with Gasteiger partial charge < -0.3 is 19.9 Å². The van der Waals surface area contributed by atoms with Crippen LogP contribution >= 0.6 is 0 Å². The minimum Gasteiger partial charge on any atom is -0.477 e. The molecule has 6 nitrogen and oxygen atoms in total. The predicted octanol–water partition coefficient (Wildman–Crippen LogP) is 1.82. The molecule has 132 valence electrons. The van der Waals surface area contributed by atoms with Gasteiger partial charge in [-0.25, -0.2) is 9.18 Å². The molecule has 2 N–H and O–H groups in total. The van der Waals surface area contributed by atoms with Crippen molar-refractivity contribution < 1.29 is 14.3 Å². The first-order valence-electron chi connectivity index (χ1n) is 8.11. The number of carboxylic acid groups (broad SMARTS) is 1. The van der Waals surface area contributed by atoms with Crippen LogP contribution in [0.5, 0.6) is 0 Å². The Morgan fingerprint density at radius 3 is 2.92 bits per heavy atom. The number of pyridine rings is 1. The van der Waals surface area contributed by atoms with E-state index in [9.17, 15) is 19.1 Å². The summed E-state index contributed by atoms with van der Waals surface area (Å²) in [6.45, 7) is 8.06. The maximum atomic E-state index is 14.7. The molecule has 1 aromatic heterocycles. The number of halogens is 1. The third kappa shape index (κ3) is 3.15. The van der Waals surface area contributed by atoms with Crippen LogP contribution in [0.25, 0.3) is 10.9 Å². The van der Waals surface area contributed by atoms with Crippen molar-refractivity contribution in [1.82, 2.24) is 9.88 Å².